The number of nitrogens with zero attached hydrogens (tertiary/aromatic N) is 1. The number of carbonyl (C=O) groups excluding carboxylic acids is 1. The number of hydrogen-bond donors (Lipinski definition) is 1. The highest BCUT2D eigenvalue weighted by Gasteiger charge is 2.21. The van der Waals surface area contributed by atoms with Crippen LogP contribution in [0.2, 0.25) is 0 Å². The van der Waals surface area contributed by atoms with Crippen LogP contribution in [0.4, 0.5) is 0 Å². The van der Waals surface area contributed by atoms with E-state index in [1.54, 1.807) is 0 Å². The van der Waals surface area contributed by atoms with Crippen molar-refractivity contribution in [3.05, 3.63) is 64.1 Å². The second-order valence-electron chi connectivity index (χ2n) is 6.02. The minimum atomic E-state index is 0.0987. The molecule has 1 heterocycles. The zero-order chi connectivity index (χ0) is 16.9. The highest BCUT2D eigenvalue weighted by molar-refractivity contribution is 9.10. The Hall–Kier alpha value is -1.85. The van der Waals surface area contributed by atoms with Crippen LogP contribution in [-0.2, 0) is 6.61 Å². The van der Waals surface area contributed by atoms with Gasteiger partial charge in [0.2, 0.25) is 0 Å². The van der Waals surface area contributed by atoms with Crippen molar-refractivity contribution in [2.24, 2.45) is 0 Å². The number of hydrogen-bond acceptors (Lipinski definition) is 3. The normalized spacial score (nSPS) is 17.6. The molecule has 2 aromatic rings. The van der Waals surface area contributed by atoms with Gasteiger partial charge < -0.3 is 15.0 Å². The molecule has 1 amide bonds. The first-order valence-corrected chi connectivity index (χ1v) is 8.92. The summed E-state index contributed by atoms with van der Waals surface area (Å²) in [5.41, 5.74) is 1.77. The van der Waals surface area contributed by atoms with Crippen molar-refractivity contribution in [3.8, 4) is 5.75 Å². The number of rotatable bonds is 4. The van der Waals surface area contributed by atoms with Crippen molar-refractivity contribution in [1.82, 2.24) is 10.2 Å². The SMILES string of the molecule is CC1CN(C(=O)c2ccc(COc3ccccc3Br)cc2)CCN1. The molecule has 24 heavy (non-hydrogen) atoms. The van der Waals surface area contributed by atoms with E-state index in [-0.39, 0.29) is 5.91 Å². The van der Waals surface area contributed by atoms with Gasteiger partial charge in [0, 0.05) is 31.2 Å². The quantitative estimate of drug-likeness (QED) is 0.871. The van der Waals surface area contributed by atoms with Gasteiger partial charge in [-0.25, -0.2) is 0 Å². The lowest BCUT2D eigenvalue weighted by atomic mass is 10.1. The Balaban J connectivity index is 1.61. The predicted octanol–water partition coefficient (Wildman–Crippen LogP) is 3.46. The third-order valence-electron chi connectivity index (χ3n) is 4.09. The van der Waals surface area contributed by atoms with Gasteiger partial charge in [-0.1, -0.05) is 24.3 Å². The topological polar surface area (TPSA) is 41.6 Å². The van der Waals surface area contributed by atoms with Crippen LogP contribution in [0, 0.1) is 0 Å². The Labute approximate surface area is 150 Å². The molecule has 1 N–H and O–H groups in total. The zero-order valence-corrected chi connectivity index (χ0v) is 15.3. The van der Waals surface area contributed by atoms with Crippen LogP contribution in [-0.4, -0.2) is 36.5 Å². The van der Waals surface area contributed by atoms with Crippen LogP contribution in [0.5, 0.6) is 5.75 Å². The predicted molar refractivity (Wildman–Crippen MR) is 98.3 cm³/mol. The van der Waals surface area contributed by atoms with E-state index in [0.29, 0.717) is 12.6 Å². The van der Waals surface area contributed by atoms with Crippen molar-refractivity contribution in [3.63, 3.8) is 0 Å². The maximum atomic E-state index is 12.5. The van der Waals surface area contributed by atoms with Crippen LogP contribution in [0.3, 0.4) is 0 Å². The summed E-state index contributed by atoms with van der Waals surface area (Å²) in [7, 11) is 0. The van der Waals surface area contributed by atoms with Crippen LogP contribution in [0.1, 0.15) is 22.8 Å². The smallest absolute Gasteiger partial charge is 0.253 e. The molecular formula is C19H21BrN2O2. The molecule has 1 fully saturated rings. The molecule has 1 aliphatic heterocycles. The molecule has 1 atom stereocenters. The fourth-order valence-electron chi connectivity index (χ4n) is 2.77. The van der Waals surface area contributed by atoms with Crippen molar-refractivity contribution in [2.45, 2.75) is 19.6 Å². The molecule has 0 aromatic heterocycles. The first-order chi connectivity index (χ1) is 11.6. The Bertz CT molecular complexity index is 703. The molecule has 1 unspecified atom stereocenters. The van der Waals surface area contributed by atoms with E-state index in [1.807, 2.05) is 53.4 Å². The van der Waals surface area contributed by atoms with Gasteiger partial charge in [0.05, 0.1) is 4.47 Å². The lowest BCUT2D eigenvalue weighted by molar-refractivity contribution is 0.0709. The molecule has 0 saturated carbocycles. The molecule has 0 bridgehead atoms. The van der Waals surface area contributed by atoms with Gasteiger partial charge in [-0.15, -0.1) is 0 Å². The first-order valence-electron chi connectivity index (χ1n) is 8.12. The van der Waals surface area contributed by atoms with Crippen molar-refractivity contribution < 1.29 is 9.53 Å². The van der Waals surface area contributed by atoms with Gasteiger partial charge in [0.25, 0.3) is 5.91 Å². The minimum Gasteiger partial charge on any atom is -0.488 e. The summed E-state index contributed by atoms with van der Waals surface area (Å²) < 4.78 is 6.74. The third kappa shape index (κ3) is 4.16. The minimum absolute atomic E-state index is 0.0987. The Morgan fingerprint density at radius 2 is 2.00 bits per heavy atom. The molecule has 1 saturated heterocycles. The molecule has 126 valence electrons. The van der Waals surface area contributed by atoms with Gasteiger partial charge in [-0.2, -0.15) is 0 Å². The van der Waals surface area contributed by atoms with Crippen LogP contribution in [0.15, 0.2) is 53.0 Å². The molecule has 2 aromatic carbocycles. The first kappa shape index (κ1) is 17.0. The average Bonchev–Trinajstić information content (AvgIpc) is 2.61. The fraction of sp³-hybridized carbons (Fsp3) is 0.316. The molecular weight excluding hydrogens is 368 g/mol. The number of piperazine rings is 1. The lowest BCUT2D eigenvalue weighted by Gasteiger charge is -2.32. The van der Waals surface area contributed by atoms with E-state index >= 15 is 0 Å². The van der Waals surface area contributed by atoms with Gasteiger partial charge in [-0.05, 0) is 52.7 Å². The Kier molecular flexibility index (Phi) is 5.53. The highest BCUT2D eigenvalue weighted by atomic mass is 79.9. The van der Waals surface area contributed by atoms with E-state index in [4.69, 9.17) is 4.74 Å². The molecule has 5 heteroatoms. The Morgan fingerprint density at radius 3 is 2.71 bits per heavy atom. The number of halogens is 1. The van der Waals surface area contributed by atoms with Gasteiger partial charge in [-0.3, -0.25) is 4.79 Å². The van der Waals surface area contributed by atoms with Crippen LogP contribution < -0.4 is 10.1 Å². The van der Waals surface area contributed by atoms with E-state index < -0.39 is 0 Å². The van der Waals surface area contributed by atoms with Crippen molar-refractivity contribution in [2.75, 3.05) is 19.6 Å². The van der Waals surface area contributed by atoms with E-state index in [2.05, 4.69) is 28.2 Å². The number of para-hydroxylation sites is 1. The summed E-state index contributed by atoms with van der Waals surface area (Å²) in [6, 6.07) is 15.8. The fourth-order valence-corrected chi connectivity index (χ4v) is 3.17. The molecule has 1 aliphatic rings. The molecule has 4 nitrogen and oxygen atoms in total. The standard InChI is InChI=1S/C19H21BrN2O2/c1-14-12-22(11-10-21-14)19(23)16-8-6-15(7-9-16)13-24-18-5-3-2-4-17(18)20/h2-9,14,21H,10-13H2,1H3. The summed E-state index contributed by atoms with van der Waals surface area (Å²) in [6.45, 7) is 4.94. The van der Waals surface area contributed by atoms with Crippen LogP contribution >= 0.6 is 15.9 Å². The maximum Gasteiger partial charge on any atom is 0.253 e. The summed E-state index contributed by atoms with van der Waals surface area (Å²) in [5, 5.41) is 3.35. The van der Waals surface area contributed by atoms with Crippen molar-refractivity contribution >= 4 is 21.8 Å². The van der Waals surface area contributed by atoms with E-state index in [1.165, 1.54) is 0 Å². The largest absolute Gasteiger partial charge is 0.488 e. The highest BCUT2D eigenvalue weighted by Crippen LogP contribution is 2.24. The van der Waals surface area contributed by atoms with Crippen molar-refractivity contribution in [1.29, 1.82) is 0 Å². The Morgan fingerprint density at radius 1 is 1.25 bits per heavy atom. The maximum absolute atomic E-state index is 12.5. The monoisotopic (exact) mass is 388 g/mol. The number of nitrogens with one attached hydrogen (secondary N) is 1. The third-order valence-corrected chi connectivity index (χ3v) is 4.74. The summed E-state index contributed by atoms with van der Waals surface area (Å²) in [4.78, 5) is 14.5. The van der Waals surface area contributed by atoms with E-state index in [0.717, 1.165) is 41.0 Å². The number of benzene rings is 2. The van der Waals surface area contributed by atoms with Crippen LogP contribution in [0.25, 0.3) is 0 Å². The molecule has 0 spiro atoms. The van der Waals surface area contributed by atoms with E-state index in [9.17, 15) is 4.79 Å². The number of amides is 1. The lowest BCUT2D eigenvalue weighted by Crippen LogP contribution is -2.51. The number of ether oxygens (including phenoxy) is 1. The number of carbonyl (C=O) groups is 1. The van der Waals surface area contributed by atoms with Gasteiger partial charge in [0.1, 0.15) is 12.4 Å². The van der Waals surface area contributed by atoms with Gasteiger partial charge >= 0.3 is 0 Å². The molecule has 0 radical (unpaired) electrons. The van der Waals surface area contributed by atoms with Gasteiger partial charge in [0.15, 0.2) is 0 Å². The molecule has 0 aliphatic carbocycles. The summed E-state index contributed by atoms with van der Waals surface area (Å²) in [6.07, 6.45) is 0. The second kappa shape index (κ2) is 7.81. The summed E-state index contributed by atoms with van der Waals surface area (Å²) >= 11 is 3.47. The second-order valence-corrected chi connectivity index (χ2v) is 6.88. The molecule has 3 rings (SSSR count). The summed E-state index contributed by atoms with van der Waals surface area (Å²) in [5.74, 6) is 0.911. The zero-order valence-electron chi connectivity index (χ0n) is 13.7. The average molecular weight is 389 g/mol.